The summed E-state index contributed by atoms with van der Waals surface area (Å²) in [7, 11) is 1.66. The molecule has 0 aliphatic carbocycles. The first-order valence-electron chi connectivity index (χ1n) is 6.44. The number of methoxy groups -OCH3 is 1. The number of nitrogens with zero attached hydrogens (tertiary/aromatic N) is 1. The number of carboxylic acid groups (broad SMARTS) is 1. The van der Waals surface area contributed by atoms with Crippen LogP contribution < -0.4 is 5.32 Å². The maximum absolute atomic E-state index is 11.9. The lowest BCUT2D eigenvalue weighted by Crippen LogP contribution is -2.43. The molecule has 0 radical (unpaired) electrons. The molecular weight excluding hydrogens is 248 g/mol. The summed E-state index contributed by atoms with van der Waals surface area (Å²) < 4.78 is 5.05. The summed E-state index contributed by atoms with van der Waals surface area (Å²) in [5.74, 6) is -0.905. The minimum absolute atomic E-state index is 0.0640. The van der Waals surface area contributed by atoms with Crippen LogP contribution >= 0.6 is 0 Å². The van der Waals surface area contributed by atoms with Gasteiger partial charge in [-0.15, -0.1) is 0 Å². The van der Waals surface area contributed by atoms with Crippen molar-refractivity contribution in [3.05, 3.63) is 11.6 Å². The van der Waals surface area contributed by atoms with E-state index >= 15 is 0 Å². The molecule has 0 saturated carbocycles. The lowest BCUT2D eigenvalue weighted by Gasteiger charge is -2.27. The molecule has 0 bridgehead atoms. The molecule has 0 fully saturated rings. The number of amides is 2. The van der Waals surface area contributed by atoms with E-state index in [-0.39, 0.29) is 18.4 Å². The molecule has 0 aromatic rings. The zero-order chi connectivity index (χ0) is 14.3. The first-order chi connectivity index (χ1) is 9.02. The maximum Gasteiger partial charge on any atom is 0.317 e. The molecule has 108 valence electrons. The van der Waals surface area contributed by atoms with Crippen LogP contribution in [-0.4, -0.2) is 55.4 Å². The maximum atomic E-state index is 11.9. The summed E-state index contributed by atoms with van der Waals surface area (Å²) >= 11 is 0. The number of ether oxygens (including phenoxy) is 1. The lowest BCUT2D eigenvalue weighted by atomic mass is 10.1. The van der Waals surface area contributed by atoms with Crippen LogP contribution in [0.25, 0.3) is 0 Å². The van der Waals surface area contributed by atoms with Crippen LogP contribution in [0.1, 0.15) is 19.8 Å². The van der Waals surface area contributed by atoms with Crippen LogP contribution in [0.2, 0.25) is 0 Å². The van der Waals surface area contributed by atoms with Gasteiger partial charge in [-0.1, -0.05) is 13.0 Å². The van der Waals surface area contributed by atoms with E-state index in [0.29, 0.717) is 26.2 Å². The van der Waals surface area contributed by atoms with E-state index in [2.05, 4.69) is 5.32 Å². The van der Waals surface area contributed by atoms with Crippen LogP contribution in [0.15, 0.2) is 11.6 Å². The van der Waals surface area contributed by atoms with Gasteiger partial charge in [-0.2, -0.15) is 0 Å². The van der Waals surface area contributed by atoms with Gasteiger partial charge in [0, 0.05) is 33.2 Å². The summed E-state index contributed by atoms with van der Waals surface area (Å²) in [6.07, 6.45) is 2.90. The van der Waals surface area contributed by atoms with Gasteiger partial charge in [-0.25, -0.2) is 4.79 Å². The van der Waals surface area contributed by atoms with Crippen molar-refractivity contribution in [3.63, 3.8) is 0 Å². The predicted molar refractivity (Wildman–Crippen MR) is 71.0 cm³/mol. The Morgan fingerprint density at radius 3 is 2.84 bits per heavy atom. The first kappa shape index (κ1) is 15.5. The van der Waals surface area contributed by atoms with E-state index in [9.17, 15) is 9.59 Å². The standard InChI is InChI=1S/C13H22N2O4/c1-10(7-12(16)17)8-14-13(18)15-5-3-11(4-6-15)9-19-2/h3,10H,4-9H2,1-2H3,(H,14,18)(H,16,17). The highest BCUT2D eigenvalue weighted by Crippen LogP contribution is 2.11. The molecule has 0 aromatic heterocycles. The molecule has 6 nitrogen and oxygen atoms in total. The van der Waals surface area contributed by atoms with Gasteiger partial charge in [0.05, 0.1) is 6.61 Å². The number of urea groups is 1. The average Bonchev–Trinajstić information content (AvgIpc) is 2.36. The Bertz CT molecular complexity index is 355. The number of carboxylic acids is 1. The molecule has 1 unspecified atom stereocenters. The van der Waals surface area contributed by atoms with Crippen LogP contribution in [0.5, 0.6) is 0 Å². The number of hydrogen-bond acceptors (Lipinski definition) is 3. The van der Waals surface area contributed by atoms with Crippen molar-refractivity contribution in [1.29, 1.82) is 0 Å². The molecule has 2 amide bonds. The van der Waals surface area contributed by atoms with Crippen molar-refractivity contribution < 1.29 is 19.4 Å². The molecular formula is C13H22N2O4. The van der Waals surface area contributed by atoms with Gasteiger partial charge in [-0.3, -0.25) is 4.79 Å². The number of carbonyl (C=O) groups excluding carboxylic acids is 1. The Morgan fingerprint density at radius 2 is 2.32 bits per heavy atom. The van der Waals surface area contributed by atoms with Gasteiger partial charge in [0.25, 0.3) is 0 Å². The number of rotatable bonds is 6. The van der Waals surface area contributed by atoms with Gasteiger partial charge >= 0.3 is 12.0 Å². The number of hydrogen-bond donors (Lipinski definition) is 2. The van der Waals surface area contributed by atoms with E-state index in [4.69, 9.17) is 9.84 Å². The predicted octanol–water partition coefficient (Wildman–Crippen LogP) is 1.09. The van der Waals surface area contributed by atoms with Gasteiger partial charge in [-0.05, 0) is 17.9 Å². The van der Waals surface area contributed by atoms with Gasteiger partial charge in [0.2, 0.25) is 0 Å². The van der Waals surface area contributed by atoms with Gasteiger partial charge < -0.3 is 20.1 Å². The highest BCUT2D eigenvalue weighted by atomic mass is 16.5. The molecule has 0 spiro atoms. The fraction of sp³-hybridized carbons (Fsp3) is 0.692. The quantitative estimate of drug-likeness (QED) is 0.708. The van der Waals surface area contributed by atoms with E-state index in [1.165, 1.54) is 5.57 Å². The summed E-state index contributed by atoms with van der Waals surface area (Å²) in [6, 6.07) is -0.134. The number of carbonyl (C=O) groups is 2. The molecule has 0 saturated heterocycles. The Morgan fingerprint density at radius 1 is 1.58 bits per heavy atom. The van der Waals surface area contributed by atoms with E-state index in [1.807, 2.05) is 6.08 Å². The molecule has 1 atom stereocenters. The second-order valence-electron chi connectivity index (χ2n) is 4.88. The second kappa shape index (κ2) is 7.78. The molecule has 1 aliphatic rings. The molecule has 0 aromatic carbocycles. The fourth-order valence-corrected chi connectivity index (χ4v) is 1.96. The largest absolute Gasteiger partial charge is 0.481 e. The third-order valence-electron chi connectivity index (χ3n) is 3.04. The summed E-state index contributed by atoms with van der Waals surface area (Å²) in [4.78, 5) is 24.1. The molecule has 1 rings (SSSR count). The highest BCUT2D eigenvalue weighted by Gasteiger charge is 2.17. The Hall–Kier alpha value is -1.56. The van der Waals surface area contributed by atoms with E-state index in [1.54, 1.807) is 18.9 Å². The van der Waals surface area contributed by atoms with E-state index in [0.717, 1.165) is 6.42 Å². The van der Waals surface area contributed by atoms with Crippen molar-refractivity contribution >= 4 is 12.0 Å². The normalized spacial score (nSPS) is 16.7. The van der Waals surface area contributed by atoms with E-state index < -0.39 is 5.97 Å². The van der Waals surface area contributed by atoms with Gasteiger partial charge in [0.15, 0.2) is 0 Å². The SMILES string of the molecule is COCC1=CCN(C(=O)NCC(C)CC(=O)O)CC1. The highest BCUT2D eigenvalue weighted by molar-refractivity contribution is 5.74. The van der Waals surface area contributed by atoms with Crippen molar-refractivity contribution in [2.24, 2.45) is 5.92 Å². The van der Waals surface area contributed by atoms with Crippen molar-refractivity contribution in [2.45, 2.75) is 19.8 Å². The number of aliphatic carboxylic acids is 1. The summed E-state index contributed by atoms with van der Waals surface area (Å²) in [6.45, 7) is 4.06. The molecule has 6 heteroatoms. The fourth-order valence-electron chi connectivity index (χ4n) is 1.96. The molecule has 19 heavy (non-hydrogen) atoms. The van der Waals surface area contributed by atoms with Gasteiger partial charge in [0.1, 0.15) is 0 Å². The zero-order valence-corrected chi connectivity index (χ0v) is 11.5. The average molecular weight is 270 g/mol. The van der Waals surface area contributed by atoms with Crippen LogP contribution in [0, 0.1) is 5.92 Å². The van der Waals surface area contributed by atoms with Crippen LogP contribution in [0.3, 0.4) is 0 Å². The monoisotopic (exact) mass is 270 g/mol. The van der Waals surface area contributed by atoms with Crippen LogP contribution in [-0.2, 0) is 9.53 Å². The molecule has 2 N–H and O–H groups in total. The smallest absolute Gasteiger partial charge is 0.317 e. The van der Waals surface area contributed by atoms with Crippen molar-refractivity contribution in [1.82, 2.24) is 10.2 Å². The minimum atomic E-state index is -0.841. The second-order valence-corrected chi connectivity index (χ2v) is 4.88. The first-order valence-corrected chi connectivity index (χ1v) is 6.44. The molecule has 1 heterocycles. The Kier molecular flexibility index (Phi) is 6.35. The molecule has 1 aliphatic heterocycles. The minimum Gasteiger partial charge on any atom is -0.481 e. The summed E-state index contributed by atoms with van der Waals surface area (Å²) in [5, 5.41) is 11.4. The third kappa shape index (κ3) is 5.74. The lowest BCUT2D eigenvalue weighted by molar-refractivity contribution is -0.137. The summed E-state index contributed by atoms with van der Waals surface area (Å²) in [5.41, 5.74) is 1.21. The zero-order valence-electron chi connectivity index (χ0n) is 11.5. The Balaban J connectivity index is 2.29. The Labute approximate surface area is 113 Å². The van der Waals surface area contributed by atoms with Crippen LogP contribution in [0.4, 0.5) is 4.79 Å². The third-order valence-corrected chi connectivity index (χ3v) is 3.04. The number of nitrogens with one attached hydrogen (secondary N) is 1. The van der Waals surface area contributed by atoms with Crippen molar-refractivity contribution in [3.8, 4) is 0 Å². The topological polar surface area (TPSA) is 78.9 Å². The van der Waals surface area contributed by atoms with Crippen molar-refractivity contribution in [2.75, 3.05) is 33.4 Å².